The zero-order valence-corrected chi connectivity index (χ0v) is 10.00. The molecule has 2 N–H and O–H groups in total. The standard InChI is InChI=1S/C9H16N4O2S/c1-10-4-8-2-3-13(6-8)16(14,15)9-5-11-7-12-9/h5,7-8,10H,2-4,6H2,1H3,(H,11,12). The van der Waals surface area contributed by atoms with Crippen molar-refractivity contribution < 1.29 is 8.42 Å². The highest BCUT2D eigenvalue weighted by molar-refractivity contribution is 7.89. The van der Waals surface area contributed by atoms with E-state index in [0.29, 0.717) is 19.0 Å². The van der Waals surface area contributed by atoms with E-state index >= 15 is 0 Å². The van der Waals surface area contributed by atoms with Crippen LogP contribution in [0.1, 0.15) is 6.42 Å². The Kier molecular flexibility index (Phi) is 3.27. The third kappa shape index (κ3) is 2.11. The molecular weight excluding hydrogens is 228 g/mol. The molecule has 1 saturated heterocycles. The predicted octanol–water partition coefficient (Wildman–Crippen LogP) is -0.360. The van der Waals surface area contributed by atoms with Gasteiger partial charge in [-0.2, -0.15) is 4.31 Å². The van der Waals surface area contributed by atoms with Gasteiger partial charge in [-0.05, 0) is 25.9 Å². The van der Waals surface area contributed by atoms with E-state index in [2.05, 4.69) is 15.3 Å². The van der Waals surface area contributed by atoms with E-state index in [1.165, 1.54) is 16.8 Å². The monoisotopic (exact) mass is 244 g/mol. The lowest BCUT2D eigenvalue weighted by Gasteiger charge is -2.14. The maximum absolute atomic E-state index is 12.1. The molecule has 1 fully saturated rings. The van der Waals surface area contributed by atoms with Gasteiger partial charge in [-0.25, -0.2) is 13.4 Å². The molecule has 0 saturated carbocycles. The molecular formula is C9H16N4O2S. The molecule has 0 aliphatic carbocycles. The molecule has 1 aromatic heterocycles. The highest BCUT2D eigenvalue weighted by atomic mass is 32.2. The smallest absolute Gasteiger partial charge is 0.260 e. The Morgan fingerprint density at radius 2 is 2.50 bits per heavy atom. The van der Waals surface area contributed by atoms with Gasteiger partial charge in [0.15, 0.2) is 5.03 Å². The highest BCUT2D eigenvalue weighted by Crippen LogP contribution is 2.22. The number of hydrogen-bond acceptors (Lipinski definition) is 4. The maximum atomic E-state index is 12.1. The van der Waals surface area contributed by atoms with E-state index in [9.17, 15) is 8.42 Å². The first kappa shape index (κ1) is 11.6. The fourth-order valence-corrected chi connectivity index (χ4v) is 3.42. The minimum absolute atomic E-state index is 0.178. The lowest BCUT2D eigenvalue weighted by atomic mass is 10.1. The number of rotatable bonds is 4. The molecule has 0 radical (unpaired) electrons. The van der Waals surface area contributed by atoms with Crippen molar-refractivity contribution in [3.63, 3.8) is 0 Å². The van der Waals surface area contributed by atoms with Crippen molar-refractivity contribution in [2.45, 2.75) is 11.4 Å². The molecule has 90 valence electrons. The largest absolute Gasteiger partial charge is 0.335 e. The summed E-state index contributed by atoms with van der Waals surface area (Å²) >= 11 is 0. The van der Waals surface area contributed by atoms with Crippen LogP contribution in [0.5, 0.6) is 0 Å². The van der Waals surface area contributed by atoms with E-state index in [1.807, 2.05) is 7.05 Å². The quantitative estimate of drug-likeness (QED) is 0.758. The number of nitrogens with zero attached hydrogens (tertiary/aromatic N) is 2. The summed E-state index contributed by atoms with van der Waals surface area (Å²) in [6, 6.07) is 0. The predicted molar refractivity (Wildman–Crippen MR) is 59.4 cm³/mol. The minimum Gasteiger partial charge on any atom is -0.335 e. The number of imidazole rings is 1. The Hall–Kier alpha value is -0.920. The number of nitrogens with one attached hydrogen (secondary N) is 2. The van der Waals surface area contributed by atoms with E-state index in [4.69, 9.17) is 0 Å². The second-order valence-electron chi connectivity index (χ2n) is 3.99. The van der Waals surface area contributed by atoms with Crippen LogP contribution < -0.4 is 5.32 Å². The zero-order chi connectivity index (χ0) is 11.6. The van der Waals surface area contributed by atoms with Crippen molar-refractivity contribution in [1.29, 1.82) is 0 Å². The number of H-pyrrole nitrogens is 1. The molecule has 7 heteroatoms. The first-order valence-corrected chi connectivity index (χ1v) is 6.71. The molecule has 1 aliphatic rings. The fourth-order valence-electron chi connectivity index (χ4n) is 1.99. The zero-order valence-electron chi connectivity index (χ0n) is 9.18. The molecule has 0 bridgehead atoms. The summed E-state index contributed by atoms with van der Waals surface area (Å²) in [7, 11) is -1.48. The van der Waals surface area contributed by atoms with Crippen LogP contribution in [0.25, 0.3) is 0 Å². The molecule has 1 aliphatic heterocycles. The van der Waals surface area contributed by atoms with Gasteiger partial charge in [0.05, 0.1) is 12.5 Å². The number of sulfonamides is 1. The summed E-state index contributed by atoms with van der Waals surface area (Å²) in [6.07, 6.45) is 3.64. The molecule has 16 heavy (non-hydrogen) atoms. The summed E-state index contributed by atoms with van der Waals surface area (Å²) in [6.45, 7) is 2.03. The van der Waals surface area contributed by atoms with Gasteiger partial charge in [0.1, 0.15) is 0 Å². The Balaban J connectivity index is 2.10. The molecule has 6 nitrogen and oxygen atoms in total. The van der Waals surface area contributed by atoms with Gasteiger partial charge in [0.2, 0.25) is 0 Å². The van der Waals surface area contributed by atoms with E-state index in [0.717, 1.165) is 13.0 Å². The van der Waals surface area contributed by atoms with Crippen molar-refractivity contribution >= 4 is 10.0 Å². The molecule has 1 aromatic rings. The van der Waals surface area contributed by atoms with Crippen LogP contribution in [-0.2, 0) is 10.0 Å². The van der Waals surface area contributed by atoms with Gasteiger partial charge in [0, 0.05) is 13.1 Å². The molecule has 1 atom stereocenters. The molecule has 0 spiro atoms. The molecule has 0 aromatic carbocycles. The van der Waals surface area contributed by atoms with Crippen molar-refractivity contribution in [2.75, 3.05) is 26.7 Å². The normalized spacial score (nSPS) is 22.7. The third-order valence-electron chi connectivity index (χ3n) is 2.83. The van der Waals surface area contributed by atoms with Gasteiger partial charge in [-0.1, -0.05) is 0 Å². The van der Waals surface area contributed by atoms with Crippen molar-refractivity contribution in [3.8, 4) is 0 Å². The van der Waals surface area contributed by atoms with E-state index < -0.39 is 10.0 Å². The van der Waals surface area contributed by atoms with Crippen LogP contribution in [0, 0.1) is 5.92 Å². The Labute approximate surface area is 95.1 Å². The van der Waals surface area contributed by atoms with Crippen molar-refractivity contribution in [3.05, 3.63) is 12.5 Å². The summed E-state index contributed by atoms with van der Waals surface area (Å²) in [4.78, 5) is 6.39. The van der Waals surface area contributed by atoms with Crippen LogP contribution in [0.3, 0.4) is 0 Å². The van der Waals surface area contributed by atoms with Crippen LogP contribution in [0.4, 0.5) is 0 Å². The topological polar surface area (TPSA) is 78.1 Å². The Morgan fingerprint density at radius 1 is 1.69 bits per heavy atom. The third-order valence-corrected chi connectivity index (χ3v) is 4.62. The molecule has 2 heterocycles. The van der Waals surface area contributed by atoms with Gasteiger partial charge in [0.25, 0.3) is 10.0 Å². The van der Waals surface area contributed by atoms with Crippen LogP contribution in [0.15, 0.2) is 17.6 Å². The first-order valence-electron chi connectivity index (χ1n) is 5.27. The van der Waals surface area contributed by atoms with Crippen LogP contribution in [-0.4, -0.2) is 49.4 Å². The number of aromatic amines is 1. The Morgan fingerprint density at radius 3 is 3.12 bits per heavy atom. The average Bonchev–Trinajstić information content (AvgIpc) is 2.88. The van der Waals surface area contributed by atoms with E-state index in [-0.39, 0.29) is 5.03 Å². The van der Waals surface area contributed by atoms with Gasteiger partial charge in [-0.15, -0.1) is 0 Å². The molecule has 1 unspecified atom stereocenters. The highest BCUT2D eigenvalue weighted by Gasteiger charge is 2.32. The van der Waals surface area contributed by atoms with Crippen molar-refractivity contribution in [1.82, 2.24) is 19.6 Å². The maximum Gasteiger partial charge on any atom is 0.260 e. The van der Waals surface area contributed by atoms with Crippen LogP contribution in [0.2, 0.25) is 0 Å². The van der Waals surface area contributed by atoms with Gasteiger partial charge < -0.3 is 10.3 Å². The molecule has 2 rings (SSSR count). The summed E-state index contributed by atoms with van der Waals surface area (Å²) in [5.74, 6) is 0.405. The van der Waals surface area contributed by atoms with Crippen molar-refractivity contribution in [2.24, 2.45) is 5.92 Å². The molecule has 0 amide bonds. The number of hydrogen-bond donors (Lipinski definition) is 2. The van der Waals surface area contributed by atoms with Gasteiger partial charge >= 0.3 is 0 Å². The lowest BCUT2D eigenvalue weighted by Crippen LogP contribution is -2.30. The summed E-state index contributed by atoms with van der Waals surface area (Å²) in [5, 5.41) is 3.25. The second kappa shape index (κ2) is 4.52. The average molecular weight is 244 g/mol. The SMILES string of the molecule is CNCC1CCN(S(=O)(=O)c2cnc[nH]2)C1. The fraction of sp³-hybridized carbons (Fsp3) is 0.667. The summed E-state index contributed by atoms with van der Waals surface area (Å²) in [5.41, 5.74) is 0. The number of aromatic nitrogens is 2. The van der Waals surface area contributed by atoms with Gasteiger partial charge in [-0.3, -0.25) is 0 Å². The van der Waals surface area contributed by atoms with E-state index in [1.54, 1.807) is 0 Å². The second-order valence-corrected chi connectivity index (χ2v) is 5.90. The lowest BCUT2D eigenvalue weighted by molar-refractivity contribution is 0.449. The first-order chi connectivity index (χ1) is 7.64. The summed E-state index contributed by atoms with van der Waals surface area (Å²) < 4.78 is 25.7. The Bertz CT molecular complexity index is 428. The minimum atomic E-state index is -3.36. The van der Waals surface area contributed by atoms with Crippen LogP contribution >= 0.6 is 0 Å².